The normalized spacial score (nSPS) is 10.1. The minimum Gasteiger partial charge on any atom is -0.345 e. The van der Waals surface area contributed by atoms with E-state index < -0.39 is 0 Å². The molecule has 0 saturated carbocycles. The Bertz CT molecular complexity index is 641. The number of hydrogen-bond acceptors (Lipinski definition) is 2. The van der Waals surface area contributed by atoms with Crippen LogP contribution in [-0.4, -0.2) is 18.2 Å². The van der Waals surface area contributed by atoms with Crippen molar-refractivity contribution in [1.29, 1.82) is 0 Å². The first kappa shape index (κ1) is 15.0. The van der Waals surface area contributed by atoms with Crippen LogP contribution in [-0.2, 0) is 0 Å². The minimum atomic E-state index is -0.258. The molecule has 5 heteroatoms. The molecule has 1 amide bonds. The third kappa shape index (κ3) is 4.05. The van der Waals surface area contributed by atoms with Gasteiger partial charge in [0, 0.05) is 19.7 Å². The average molecular weight is 400 g/mol. The third-order valence-electron chi connectivity index (χ3n) is 2.66. The molecule has 0 radical (unpaired) electrons. The molecule has 102 valence electrons. The second-order valence-corrected chi connectivity index (χ2v) is 5.81. The highest BCUT2D eigenvalue weighted by atomic mass is 127. The molecule has 0 aliphatic heterocycles. The summed E-state index contributed by atoms with van der Waals surface area (Å²) in [5.74, 6) is -0.411. The van der Waals surface area contributed by atoms with Gasteiger partial charge in [0.15, 0.2) is 5.78 Å². The molecular formula is C15H11ClINO2. The van der Waals surface area contributed by atoms with Crippen molar-refractivity contribution in [3.8, 4) is 0 Å². The fraction of sp³-hybridized carbons (Fsp3) is 0.0667. The van der Waals surface area contributed by atoms with Gasteiger partial charge in [-0.3, -0.25) is 9.59 Å². The Morgan fingerprint density at radius 1 is 1.05 bits per heavy atom. The number of carbonyl (C=O) groups is 2. The number of benzene rings is 2. The molecule has 0 aromatic heterocycles. The van der Waals surface area contributed by atoms with E-state index in [1.165, 1.54) is 0 Å². The molecule has 0 saturated heterocycles. The number of amides is 1. The Morgan fingerprint density at radius 3 is 2.40 bits per heavy atom. The van der Waals surface area contributed by atoms with Crippen molar-refractivity contribution in [3.63, 3.8) is 0 Å². The van der Waals surface area contributed by atoms with Crippen molar-refractivity contribution in [2.75, 3.05) is 6.54 Å². The predicted octanol–water partition coefficient (Wildman–Crippen LogP) is 3.56. The van der Waals surface area contributed by atoms with Gasteiger partial charge in [-0.25, -0.2) is 0 Å². The molecule has 20 heavy (non-hydrogen) atoms. The SMILES string of the molecule is O=C(CNC(=O)c1cccc(I)c1)c1ccc(Cl)cc1. The van der Waals surface area contributed by atoms with E-state index in [0.29, 0.717) is 16.1 Å². The Hall–Kier alpha value is -1.40. The fourth-order valence-corrected chi connectivity index (χ4v) is 2.30. The Labute approximate surface area is 135 Å². The molecule has 0 fully saturated rings. The van der Waals surface area contributed by atoms with Crippen LogP contribution in [0, 0.1) is 3.57 Å². The lowest BCUT2D eigenvalue weighted by molar-refractivity contribution is 0.0904. The first-order valence-electron chi connectivity index (χ1n) is 5.89. The topological polar surface area (TPSA) is 46.2 Å². The van der Waals surface area contributed by atoms with E-state index in [4.69, 9.17) is 11.6 Å². The highest BCUT2D eigenvalue weighted by molar-refractivity contribution is 14.1. The van der Waals surface area contributed by atoms with Crippen LogP contribution < -0.4 is 5.32 Å². The molecule has 0 aliphatic rings. The average Bonchev–Trinajstić information content (AvgIpc) is 2.45. The Morgan fingerprint density at radius 2 is 1.75 bits per heavy atom. The maximum absolute atomic E-state index is 11.9. The first-order valence-corrected chi connectivity index (χ1v) is 7.34. The van der Waals surface area contributed by atoms with E-state index >= 15 is 0 Å². The molecule has 2 rings (SSSR count). The summed E-state index contributed by atoms with van der Waals surface area (Å²) in [6, 6.07) is 13.8. The zero-order valence-corrected chi connectivity index (χ0v) is 13.3. The van der Waals surface area contributed by atoms with Crippen molar-refractivity contribution in [3.05, 3.63) is 68.3 Å². The summed E-state index contributed by atoms with van der Waals surface area (Å²) in [7, 11) is 0. The van der Waals surface area contributed by atoms with Gasteiger partial charge in [0.1, 0.15) is 0 Å². The van der Waals surface area contributed by atoms with Gasteiger partial charge in [-0.1, -0.05) is 17.7 Å². The van der Waals surface area contributed by atoms with E-state index in [-0.39, 0.29) is 18.2 Å². The van der Waals surface area contributed by atoms with E-state index in [1.54, 1.807) is 42.5 Å². The van der Waals surface area contributed by atoms with Crippen molar-refractivity contribution >= 4 is 45.9 Å². The third-order valence-corrected chi connectivity index (χ3v) is 3.59. The molecule has 0 bridgehead atoms. The van der Waals surface area contributed by atoms with Crippen LogP contribution in [0.1, 0.15) is 20.7 Å². The minimum absolute atomic E-state index is 0.0358. The maximum atomic E-state index is 11.9. The Balaban J connectivity index is 1.96. The van der Waals surface area contributed by atoms with Gasteiger partial charge in [0.25, 0.3) is 5.91 Å². The fourth-order valence-electron chi connectivity index (χ4n) is 1.63. The van der Waals surface area contributed by atoms with Gasteiger partial charge < -0.3 is 5.32 Å². The number of hydrogen-bond donors (Lipinski definition) is 1. The number of carbonyl (C=O) groups excluding carboxylic acids is 2. The number of nitrogens with one attached hydrogen (secondary N) is 1. The van der Waals surface area contributed by atoms with Gasteiger partial charge in [-0.15, -0.1) is 0 Å². The predicted molar refractivity (Wildman–Crippen MR) is 87.3 cm³/mol. The zero-order valence-electron chi connectivity index (χ0n) is 10.4. The number of ketones is 1. The van der Waals surface area contributed by atoms with Gasteiger partial charge in [0.2, 0.25) is 0 Å². The molecular weight excluding hydrogens is 389 g/mol. The summed E-state index contributed by atoms with van der Waals surface area (Å²) in [6.07, 6.45) is 0. The summed E-state index contributed by atoms with van der Waals surface area (Å²) in [4.78, 5) is 23.8. The smallest absolute Gasteiger partial charge is 0.251 e. The van der Waals surface area contributed by atoms with E-state index in [9.17, 15) is 9.59 Å². The maximum Gasteiger partial charge on any atom is 0.251 e. The van der Waals surface area contributed by atoms with Gasteiger partial charge >= 0.3 is 0 Å². The van der Waals surface area contributed by atoms with Crippen LogP contribution in [0.25, 0.3) is 0 Å². The second kappa shape index (κ2) is 6.85. The van der Waals surface area contributed by atoms with Crippen LogP contribution in [0.4, 0.5) is 0 Å². The summed E-state index contributed by atoms with van der Waals surface area (Å²) in [5, 5.41) is 3.19. The molecule has 0 atom stereocenters. The molecule has 2 aromatic carbocycles. The second-order valence-electron chi connectivity index (χ2n) is 4.12. The molecule has 3 nitrogen and oxygen atoms in total. The number of Topliss-reactive ketones (excluding diaryl/α,β-unsaturated/α-hetero) is 1. The molecule has 1 N–H and O–H groups in total. The van der Waals surface area contributed by atoms with Gasteiger partial charge in [-0.05, 0) is 65.1 Å². The van der Waals surface area contributed by atoms with Crippen molar-refractivity contribution < 1.29 is 9.59 Å². The quantitative estimate of drug-likeness (QED) is 0.631. The lowest BCUT2D eigenvalue weighted by atomic mass is 10.1. The standard InChI is InChI=1S/C15H11ClINO2/c16-12-6-4-10(5-7-12)14(19)9-18-15(20)11-2-1-3-13(17)8-11/h1-8H,9H2,(H,18,20). The van der Waals surface area contributed by atoms with Crippen molar-refractivity contribution in [2.45, 2.75) is 0 Å². The lowest BCUT2D eigenvalue weighted by Gasteiger charge is -2.05. The number of halogens is 2. The summed E-state index contributed by atoms with van der Waals surface area (Å²) >= 11 is 7.89. The van der Waals surface area contributed by atoms with Crippen molar-refractivity contribution in [2.24, 2.45) is 0 Å². The van der Waals surface area contributed by atoms with Crippen LogP contribution in [0.5, 0.6) is 0 Å². The summed E-state index contributed by atoms with van der Waals surface area (Å²) in [6.45, 7) is -0.0358. The van der Waals surface area contributed by atoms with E-state index in [1.807, 2.05) is 6.07 Å². The van der Waals surface area contributed by atoms with Gasteiger partial charge in [0.05, 0.1) is 6.54 Å². The van der Waals surface area contributed by atoms with Crippen LogP contribution in [0.3, 0.4) is 0 Å². The van der Waals surface area contributed by atoms with E-state index in [2.05, 4.69) is 27.9 Å². The van der Waals surface area contributed by atoms with Crippen LogP contribution >= 0.6 is 34.2 Å². The number of rotatable bonds is 4. The molecule has 0 unspecified atom stereocenters. The molecule has 0 aliphatic carbocycles. The lowest BCUT2D eigenvalue weighted by Crippen LogP contribution is -2.29. The van der Waals surface area contributed by atoms with Gasteiger partial charge in [-0.2, -0.15) is 0 Å². The van der Waals surface area contributed by atoms with Crippen LogP contribution in [0.15, 0.2) is 48.5 Å². The molecule has 2 aromatic rings. The molecule has 0 spiro atoms. The largest absolute Gasteiger partial charge is 0.345 e. The Kier molecular flexibility index (Phi) is 5.14. The van der Waals surface area contributed by atoms with Crippen LogP contribution in [0.2, 0.25) is 5.02 Å². The summed E-state index contributed by atoms with van der Waals surface area (Å²) < 4.78 is 0.972. The highest BCUT2D eigenvalue weighted by Crippen LogP contribution is 2.10. The monoisotopic (exact) mass is 399 g/mol. The zero-order chi connectivity index (χ0) is 14.5. The molecule has 0 heterocycles. The van der Waals surface area contributed by atoms with E-state index in [0.717, 1.165) is 3.57 Å². The summed E-state index contributed by atoms with van der Waals surface area (Å²) in [5.41, 5.74) is 1.07. The first-order chi connectivity index (χ1) is 9.56. The van der Waals surface area contributed by atoms with Crippen molar-refractivity contribution in [1.82, 2.24) is 5.32 Å². The highest BCUT2D eigenvalue weighted by Gasteiger charge is 2.10.